The smallest absolute Gasteiger partial charge is 0.250 e. The van der Waals surface area contributed by atoms with E-state index in [4.69, 9.17) is 17.3 Å². The average Bonchev–Trinajstić information content (AvgIpc) is 2.72. The lowest BCUT2D eigenvalue weighted by molar-refractivity contribution is 0.100. The molecule has 0 radical (unpaired) electrons. The zero-order valence-electron chi connectivity index (χ0n) is 9.85. The minimum Gasteiger partial charge on any atom is -0.379 e. The minimum absolute atomic E-state index is 0.322. The van der Waals surface area contributed by atoms with Gasteiger partial charge in [0.2, 0.25) is 5.91 Å². The highest BCUT2D eigenvalue weighted by molar-refractivity contribution is 6.34. The molecular weight excluding hydrogens is 252 g/mol. The lowest BCUT2D eigenvalue weighted by Gasteiger charge is -2.08. The quantitative estimate of drug-likeness (QED) is 0.884. The van der Waals surface area contributed by atoms with E-state index in [0.29, 0.717) is 17.1 Å². The third-order valence-corrected chi connectivity index (χ3v) is 2.94. The van der Waals surface area contributed by atoms with Crippen molar-refractivity contribution in [3.63, 3.8) is 0 Å². The van der Waals surface area contributed by atoms with E-state index < -0.39 is 5.91 Å². The number of primary amides is 1. The van der Waals surface area contributed by atoms with Gasteiger partial charge in [-0.15, -0.1) is 0 Å². The fourth-order valence-electron chi connectivity index (χ4n) is 1.57. The molecule has 94 valence electrons. The second kappa shape index (κ2) is 5.10. The molecule has 5 nitrogen and oxygen atoms in total. The van der Waals surface area contributed by atoms with Gasteiger partial charge in [-0.2, -0.15) is 0 Å². The minimum atomic E-state index is -0.529. The number of aromatic nitrogens is 2. The Morgan fingerprint density at radius 3 is 2.89 bits per heavy atom. The summed E-state index contributed by atoms with van der Waals surface area (Å²) in [5, 5.41) is 3.54. The van der Waals surface area contributed by atoms with E-state index in [1.54, 1.807) is 30.7 Å². The van der Waals surface area contributed by atoms with Gasteiger partial charge in [0.05, 0.1) is 29.2 Å². The maximum absolute atomic E-state index is 11.0. The van der Waals surface area contributed by atoms with E-state index in [9.17, 15) is 4.79 Å². The third kappa shape index (κ3) is 2.62. The Morgan fingerprint density at radius 1 is 1.56 bits per heavy atom. The van der Waals surface area contributed by atoms with Crippen molar-refractivity contribution in [1.29, 1.82) is 0 Å². The van der Waals surface area contributed by atoms with Crippen molar-refractivity contribution in [3.05, 3.63) is 47.0 Å². The van der Waals surface area contributed by atoms with Gasteiger partial charge in [-0.3, -0.25) is 4.79 Å². The van der Waals surface area contributed by atoms with Crippen LogP contribution in [0.3, 0.4) is 0 Å². The van der Waals surface area contributed by atoms with Crippen LogP contribution in [0.4, 0.5) is 5.69 Å². The molecular formula is C12H13ClN4O. The number of rotatable bonds is 4. The van der Waals surface area contributed by atoms with Crippen molar-refractivity contribution in [2.24, 2.45) is 12.8 Å². The normalized spacial score (nSPS) is 10.3. The van der Waals surface area contributed by atoms with Crippen LogP contribution in [0.25, 0.3) is 0 Å². The third-order valence-electron chi connectivity index (χ3n) is 2.62. The number of benzene rings is 1. The first-order valence-electron chi connectivity index (χ1n) is 5.36. The monoisotopic (exact) mass is 264 g/mol. The van der Waals surface area contributed by atoms with Crippen LogP contribution in [-0.2, 0) is 13.6 Å². The van der Waals surface area contributed by atoms with Crippen LogP contribution in [0.2, 0.25) is 5.02 Å². The van der Waals surface area contributed by atoms with Gasteiger partial charge < -0.3 is 15.6 Å². The first kappa shape index (κ1) is 12.4. The number of anilines is 1. The molecule has 0 spiro atoms. The summed E-state index contributed by atoms with van der Waals surface area (Å²) in [5.74, 6) is -0.529. The summed E-state index contributed by atoms with van der Waals surface area (Å²) < 4.78 is 1.92. The van der Waals surface area contributed by atoms with Crippen LogP contribution in [0.1, 0.15) is 16.1 Å². The van der Waals surface area contributed by atoms with Crippen LogP contribution < -0.4 is 11.1 Å². The van der Waals surface area contributed by atoms with Gasteiger partial charge in [-0.25, -0.2) is 4.98 Å². The van der Waals surface area contributed by atoms with Crippen LogP contribution in [-0.4, -0.2) is 15.5 Å². The van der Waals surface area contributed by atoms with Gasteiger partial charge in [0.1, 0.15) is 0 Å². The lowest BCUT2D eigenvalue weighted by atomic mass is 10.2. The van der Waals surface area contributed by atoms with Gasteiger partial charge in [0.25, 0.3) is 0 Å². The predicted octanol–water partition coefficient (Wildman–Crippen LogP) is 1.78. The summed E-state index contributed by atoms with van der Waals surface area (Å²) in [6, 6.07) is 5.05. The average molecular weight is 265 g/mol. The van der Waals surface area contributed by atoms with Crippen LogP contribution in [0.15, 0.2) is 30.7 Å². The molecule has 0 saturated carbocycles. The summed E-state index contributed by atoms with van der Waals surface area (Å²) in [6.45, 7) is 0.628. The van der Waals surface area contributed by atoms with Crippen molar-refractivity contribution in [3.8, 4) is 0 Å². The van der Waals surface area contributed by atoms with E-state index >= 15 is 0 Å². The Kier molecular flexibility index (Phi) is 3.53. The number of nitrogens with zero attached hydrogens (tertiary/aromatic N) is 2. The number of aryl methyl sites for hydroxylation is 1. The van der Waals surface area contributed by atoms with Gasteiger partial charge in [-0.1, -0.05) is 11.6 Å². The van der Waals surface area contributed by atoms with Crippen molar-refractivity contribution in [2.45, 2.75) is 6.54 Å². The molecule has 0 fully saturated rings. The SMILES string of the molecule is Cn1cncc1CNc1ccc(C(N)=O)c(Cl)c1. The Balaban J connectivity index is 2.09. The molecule has 6 heteroatoms. The highest BCUT2D eigenvalue weighted by Crippen LogP contribution is 2.21. The Hall–Kier alpha value is -2.01. The molecule has 2 aromatic rings. The highest BCUT2D eigenvalue weighted by Gasteiger charge is 2.07. The van der Waals surface area contributed by atoms with Gasteiger partial charge in [0.15, 0.2) is 0 Å². The summed E-state index contributed by atoms with van der Waals surface area (Å²) in [6.07, 6.45) is 3.52. The van der Waals surface area contributed by atoms with Gasteiger partial charge in [0, 0.05) is 18.9 Å². The first-order chi connectivity index (χ1) is 8.58. The van der Waals surface area contributed by atoms with Crippen molar-refractivity contribution in [1.82, 2.24) is 9.55 Å². The topological polar surface area (TPSA) is 72.9 Å². The Bertz CT molecular complexity index is 579. The van der Waals surface area contributed by atoms with Crippen LogP contribution in [0.5, 0.6) is 0 Å². The number of imidazole rings is 1. The zero-order valence-corrected chi connectivity index (χ0v) is 10.6. The molecule has 2 rings (SSSR count). The van der Waals surface area contributed by atoms with E-state index in [0.717, 1.165) is 11.4 Å². The van der Waals surface area contributed by atoms with E-state index in [1.165, 1.54) is 0 Å². The largest absolute Gasteiger partial charge is 0.379 e. The van der Waals surface area contributed by atoms with E-state index in [-0.39, 0.29) is 0 Å². The molecule has 3 N–H and O–H groups in total. The summed E-state index contributed by atoms with van der Waals surface area (Å²) in [4.78, 5) is 15.1. The molecule has 0 aliphatic rings. The molecule has 1 amide bonds. The van der Waals surface area contributed by atoms with Crippen molar-refractivity contribution in [2.75, 3.05) is 5.32 Å². The second-order valence-electron chi connectivity index (χ2n) is 3.91. The standard InChI is InChI=1S/C12H13ClN4O/c1-17-7-15-5-9(17)6-16-8-2-3-10(12(14)18)11(13)4-8/h2-5,7,16H,6H2,1H3,(H2,14,18). The van der Waals surface area contributed by atoms with E-state index in [1.807, 2.05) is 11.6 Å². The molecule has 0 unspecified atom stereocenters. The number of hydrogen-bond acceptors (Lipinski definition) is 3. The molecule has 0 aliphatic heterocycles. The van der Waals surface area contributed by atoms with Crippen molar-refractivity contribution >= 4 is 23.2 Å². The number of hydrogen-bond donors (Lipinski definition) is 2. The highest BCUT2D eigenvalue weighted by atomic mass is 35.5. The summed E-state index contributed by atoms with van der Waals surface area (Å²) in [5.41, 5.74) is 7.37. The molecule has 1 heterocycles. The molecule has 0 aliphatic carbocycles. The van der Waals surface area contributed by atoms with Crippen LogP contribution in [0, 0.1) is 0 Å². The Labute approximate surface area is 110 Å². The summed E-state index contributed by atoms with van der Waals surface area (Å²) in [7, 11) is 1.92. The second-order valence-corrected chi connectivity index (χ2v) is 4.32. The van der Waals surface area contributed by atoms with Crippen LogP contribution >= 0.6 is 11.6 Å². The lowest BCUT2D eigenvalue weighted by Crippen LogP contribution is -2.11. The maximum Gasteiger partial charge on any atom is 0.250 e. The zero-order chi connectivity index (χ0) is 13.1. The molecule has 0 saturated heterocycles. The molecule has 1 aromatic carbocycles. The fourth-order valence-corrected chi connectivity index (χ4v) is 1.85. The fraction of sp³-hybridized carbons (Fsp3) is 0.167. The van der Waals surface area contributed by atoms with E-state index in [2.05, 4.69) is 10.3 Å². The molecule has 0 atom stereocenters. The number of nitrogens with two attached hydrogens (primary N) is 1. The predicted molar refractivity (Wildman–Crippen MR) is 70.5 cm³/mol. The number of halogens is 1. The number of amides is 1. The number of carbonyl (C=O) groups excluding carboxylic acids is 1. The number of carbonyl (C=O) groups is 1. The molecule has 18 heavy (non-hydrogen) atoms. The molecule has 0 bridgehead atoms. The number of nitrogens with one attached hydrogen (secondary N) is 1. The van der Waals surface area contributed by atoms with Crippen molar-refractivity contribution < 1.29 is 4.79 Å². The first-order valence-corrected chi connectivity index (χ1v) is 5.74. The molecule has 1 aromatic heterocycles. The summed E-state index contributed by atoms with van der Waals surface area (Å²) >= 11 is 5.96. The maximum atomic E-state index is 11.0. The van der Waals surface area contributed by atoms with Gasteiger partial charge in [-0.05, 0) is 18.2 Å². The van der Waals surface area contributed by atoms with Gasteiger partial charge >= 0.3 is 0 Å². The Morgan fingerprint density at radius 2 is 2.33 bits per heavy atom.